The summed E-state index contributed by atoms with van der Waals surface area (Å²) in [7, 11) is 5.50. The molecule has 1 atom stereocenters. The van der Waals surface area contributed by atoms with Crippen molar-refractivity contribution in [1.82, 2.24) is 4.90 Å². The minimum atomic E-state index is -1.94. The Morgan fingerprint density at radius 2 is 2.08 bits per heavy atom. The van der Waals surface area contributed by atoms with Crippen molar-refractivity contribution in [3.05, 3.63) is 0 Å². The van der Waals surface area contributed by atoms with Gasteiger partial charge in [-0.3, -0.25) is 0 Å². The van der Waals surface area contributed by atoms with Gasteiger partial charge < -0.3 is 9.42 Å². The molecule has 0 aliphatic carbocycles. The van der Waals surface area contributed by atoms with Gasteiger partial charge in [0.1, 0.15) is 0 Å². The zero-order valence-electron chi connectivity index (χ0n) is 8.07. The second kappa shape index (κ2) is 5.22. The van der Waals surface area contributed by atoms with E-state index in [0.717, 1.165) is 5.17 Å². The molecule has 0 bridgehead atoms. The lowest BCUT2D eigenvalue weighted by molar-refractivity contribution is 0.463. The SMILES string of the molecule is COP(C)(=S)/N=C(\SC)N(C)C. The molecule has 0 radical (unpaired) electrons. The van der Waals surface area contributed by atoms with Crippen molar-refractivity contribution in [1.29, 1.82) is 0 Å². The molecule has 0 aromatic carbocycles. The van der Waals surface area contributed by atoms with Gasteiger partial charge in [-0.25, -0.2) is 4.76 Å². The van der Waals surface area contributed by atoms with E-state index in [-0.39, 0.29) is 0 Å². The molecule has 0 aromatic rings. The molecule has 3 nitrogen and oxygen atoms in total. The van der Waals surface area contributed by atoms with E-state index >= 15 is 0 Å². The Morgan fingerprint density at radius 1 is 1.58 bits per heavy atom. The summed E-state index contributed by atoms with van der Waals surface area (Å²) < 4.78 is 9.47. The molecule has 0 saturated carbocycles. The van der Waals surface area contributed by atoms with Gasteiger partial charge >= 0.3 is 0 Å². The van der Waals surface area contributed by atoms with Crippen molar-refractivity contribution in [3.8, 4) is 0 Å². The quantitative estimate of drug-likeness (QED) is 0.407. The highest BCUT2D eigenvalue weighted by Gasteiger charge is 2.08. The summed E-state index contributed by atoms with van der Waals surface area (Å²) in [6.07, 6.45) is 0.0348. The van der Waals surface area contributed by atoms with Crippen LogP contribution in [0, 0.1) is 0 Å². The molecule has 6 heteroatoms. The van der Waals surface area contributed by atoms with Gasteiger partial charge in [0, 0.05) is 27.9 Å². The fourth-order valence-corrected chi connectivity index (χ4v) is 2.63. The normalized spacial score (nSPS) is 17.2. The molecule has 0 heterocycles. The van der Waals surface area contributed by atoms with Crippen molar-refractivity contribution < 1.29 is 4.52 Å². The summed E-state index contributed by atoms with van der Waals surface area (Å²) in [5, 5.41) is 0.919. The summed E-state index contributed by atoms with van der Waals surface area (Å²) in [6, 6.07) is 0. The Hall–Kier alpha value is 0.430. The third kappa shape index (κ3) is 4.45. The molecule has 72 valence electrons. The van der Waals surface area contributed by atoms with Crippen molar-refractivity contribution in [3.63, 3.8) is 0 Å². The van der Waals surface area contributed by atoms with Crippen LogP contribution in [0.5, 0.6) is 0 Å². The highest BCUT2D eigenvalue weighted by molar-refractivity contribution is 8.15. The monoisotopic (exact) mass is 226 g/mol. The van der Waals surface area contributed by atoms with Crippen molar-refractivity contribution >= 4 is 35.2 Å². The fourth-order valence-electron chi connectivity index (χ4n) is 0.509. The molecule has 0 aromatic heterocycles. The Bertz CT molecular complexity index is 218. The van der Waals surface area contributed by atoms with E-state index in [1.54, 1.807) is 18.9 Å². The largest absolute Gasteiger partial charge is 0.357 e. The van der Waals surface area contributed by atoms with E-state index in [9.17, 15) is 0 Å². The number of hydrogen-bond acceptors (Lipinski definition) is 3. The van der Waals surface area contributed by atoms with E-state index < -0.39 is 6.42 Å². The van der Waals surface area contributed by atoms with Gasteiger partial charge in [0.25, 0.3) is 0 Å². The van der Waals surface area contributed by atoms with Crippen LogP contribution in [0.2, 0.25) is 0 Å². The smallest absolute Gasteiger partial charge is 0.173 e. The topological polar surface area (TPSA) is 24.8 Å². The Kier molecular flexibility index (Phi) is 5.41. The van der Waals surface area contributed by atoms with Gasteiger partial charge in [0.2, 0.25) is 0 Å². The molecule has 0 spiro atoms. The third-order valence-corrected chi connectivity index (χ3v) is 4.05. The van der Waals surface area contributed by atoms with Crippen molar-refractivity contribution in [2.45, 2.75) is 0 Å². The van der Waals surface area contributed by atoms with Gasteiger partial charge in [-0.15, -0.1) is 0 Å². The average molecular weight is 226 g/mol. The molecule has 0 aliphatic rings. The maximum absolute atomic E-state index is 5.17. The number of thioether (sulfide) groups is 1. The van der Waals surface area contributed by atoms with E-state index in [1.165, 1.54) is 0 Å². The predicted molar refractivity (Wildman–Crippen MR) is 61.9 cm³/mol. The summed E-state index contributed by atoms with van der Waals surface area (Å²) in [5.74, 6) is 0. The average Bonchev–Trinajstić information content (AvgIpc) is 2.00. The van der Waals surface area contributed by atoms with Gasteiger partial charge in [-0.2, -0.15) is 0 Å². The van der Waals surface area contributed by atoms with Crippen LogP contribution in [0.15, 0.2) is 4.76 Å². The minimum Gasteiger partial charge on any atom is -0.357 e. The second-order valence-corrected chi connectivity index (χ2v) is 7.44. The summed E-state index contributed by atoms with van der Waals surface area (Å²) in [4.78, 5) is 1.94. The first-order chi connectivity index (χ1) is 5.43. The Morgan fingerprint density at radius 3 is 2.33 bits per heavy atom. The first-order valence-electron chi connectivity index (χ1n) is 3.37. The Labute approximate surface area is 83.7 Å². The zero-order chi connectivity index (χ0) is 9.78. The molecule has 0 amide bonds. The summed E-state index contributed by atoms with van der Waals surface area (Å²) in [6.45, 7) is 1.86. The highest BCUT2D eigenvalue weighted by Crippen LogP contribution is 2.44. The van der Waals surface area contributed by atoms with Crippen LogP contribution >= 0.6 is 18.2 Å². The lowest BCUT2D eigenvalue weighted by atomic mass is 10.9. The number of rotatable bonds is 2. The Balaban J connectivity index is 4.60. The zero-order valence-corrected chi connectivity index (χ0v) is 10.6. The molecular formula is C6H15N2OPS2. The van der Waals surface area contributed by atoms with Crippen LogP contribution in [0.25, 0.3) is 0 Å². The lowest BCUT2D eigenvalue weighted by Gasteiger charge is -2.16. The van der Waals surface area contributed by atoms with Crippen molar-refractivity contribution in [2.75, 3.05) is 34.1 Å². The molecular weight excluding hydrogens is 211 g/mol. The lowest BCUT2D eigenvalue weighted by Crippen LogP contribution is -2.18. The molecule has 12 heavy (non-hydrogen) atoms. The third-order valence-electron chi connectivity index (χ3n) is 1.17. The first-order valence-corrected chi connectivity index (χ1v) is 7.72. The molecule has 0 fully saturated rings. The van der Waals surface area contributed by atoms with Crippen molar-refractivity contribution in [2.24, 2.45) is 4.76 Å². The fraction of sp³-hybridized carbons (Fsp3) is 0.833. The maximum atomic E-state index is 5.17. The standard InChI is InChI=1S/C6H15N2OPS2/c1-8(2)6(12-5)7-10(4,11)9-3/h1-5H3/b7-6-. The van der Waals surface area contributed by atoms with Crippen LogP contribution in [-0.4, -0.2) is 44.2 Å². The first kappa shape index (κ1) is 12.4. The minimum absolute atomic E-state index is 0.919. The number of hydrogen-bond donors (Lipinski definition) is 0. The molecule has 0 rings (SSSR count). The van der Waals surface area contributed by atoms with E-state index in [0.29, 0.717) is 0 Å². The van der Waals surface area contributed by atoms with Crippen LogP contribution in [0.3, 0.4) is 0 Å². The number of amidine groups is 1. The van der Waals surface area contributed by atoms with Gasteiger partial charge in [-0.1, -0.05) is 11.8 Å². The van der Waals surface area contributed by atoms with Crippen LogP contribution in [-0.2, 0) is 16.3 Å². The van der Waals surface area contributed by atoms with E-state index in [4.69, 9.17) is 16.3 Å². The maximum Gasteiger partial charge on any atom is 0.173 e. The number of nitrogens with zero attached hydrogens (tertiary/aromatic N) is 2. The summed E-state index contributed by atoms with van der Waals surface area (Å²) in [5.41, 5.74) is 0. The second-order valence-electron chi connectivity index (χ2n) is 2.47. The van der Waals surface area contributed by atoms with E-state index in [1.807, 2.05) is 31.9 Å². The molecule has 0 aliphatic heterocycles. The van der Waals surface area contributed by atoms with E-state index in [2.05, 4.69) is 4.76 Å². The molecule has 0 saturated heterocycles. The van der Waals surface area contributed by atoms with Gasteiger partial charge in [0.05, 0.1) is 0 Å². The molecule has 0 N–H and O–H groups in total. The van der Waals surface area contributed by atoms with Crippen LogP contribution < -0.4 is 0 Å². The predicted octanol–water partition coefficient (Wildman–Crippen LogP) is 1.85. The van der Waals surface area contributed by atoms with Crippen LogP contribution in [0.1, 0.15) is 0 Å². The van der Waals surface area contributed by atoms with Gasteiger partial charge in [0.15, 0.2) is 11.6 Å². The van der Waals surface area contributed by atoms with Gasteiger partial charge in [-0.05, 0) is 18.1 Å². The van der Waals surface area contributed by atoms with Crippen LogP contribution in [0.4, 0.5) is 0 Å². The molecule has 1 unspecified atom stereocenters. The summed E-state index contributed by atoms with van der Waals surface area (Å²) >= 11 is 6.75. The highest BCUT2D eigenvalue weighted by atomic mass is 32.4.